The lowest BCUT2D eigenvalue weighted by molar-refractivity contribution is 0.0710. The average Bonchev–Trinajstić information content (AvgIpc) is 2.49. The molecular weight excluding hydrogens is 298 g/mol. The number of benzene rings is 1. The van der Waals surface area contributed by atoms with Gasteiger partial charge in [-0.1, -0.05) is 12.1 Å². The Balaban J connectivity index is 2.50. The second kappa shape index (κ2) is 10.5. The highest BCUT2D eigenvalue weighted by atomic mass is 28.4. The van der Waals surface area contributed by atoms with Gasteiger partial charge in [-0.25, -0.2) is 0 Å². The minimum absolute atomic E-state index is 0.243. The van der Waals surface area contributed by atoms with Crippen molar-refractivity contribution in [2.24, 2.45) is 4.99 Å². The van der Waals surface area contributed by atoms with E-state index in [2.05, 4.69) is 4.99 Å². The molecule has 0 aromatic heterocycles. The Morgan fingerprint density at radius 3 is 2.18 bits per heavy atom. The normalized spacial score (nSPS) is 12.1. The van der Waals surface area contributed by atoms with Gasteiger partial charge in [0.1, 0.15) is 5.75 Å². The minimum atomic E-state index is -2.56. The van der Waals surface area contributed by atoms with Crippen LogP contribution in [0.3, 0.4) is 0 Å². The first kappa shape index (κ1) is 18.8. The summed E-state index contributed by atoms with van der Waals surface area (Å²) in [4.78, 5) is 4.36. The van der Waals surface area contributed by atoms with Crippen molar-refractivity contribution in [3.8, 4) is 5.75 Å². The van der Waals surface area contributed by atoms with E-state index in [0.29, 0.717) is 26.4 Å². The van der Waals surface area contributed by atoms with Crippen LogP contribution in [0.2, 0.25) is 6.04 Å². The molecule has 22 heavy (non-hydrogen) atoms. The lowest BCUT2D eigenvalue weighted by Gasteiger charge is -2.28. The third-order valence-corrected chi connectivity index (χ3v) is 6.18. The first-order valence-corrected chi connectivity index (χ1v) is 9.80. The topological polar surface area (TPSA) is 60.3 Å². The predicted octanol–water partition coefficient (Wildman–Crippen LogP) is 3.25. The zero-order valence-electron chi connectivity index (χ0n) is 13.7. The van der Waals surface area contributed by atoms with Gasteiger partial charge in [0.15, 0.2) is 0 Å². The predicted molar refractivity (Wildman–Crippen MR) is 90.6 cm³/mol. The summed E-state index contributed by atoms with van der Waals surface area (Å²) < 4.78 is 17.4. The SMILES string of the molecule is CCO[Si](CCCN=Cc1ccccc1O)(OCC)OCC. The molecule has 1 aromatic carbocycles. The maximum absolute atomic E-state index is 9.66. The Morgan fingerprint density at radius 1 is 1.05 bits per heavy atom. The van der Waals surface area contributed by atoms with E-state index in [1.807, 2.05) is 32.9 Å². The highest BCUT2D eigenvalue weighted by Crippen LogP contribution is 2.18. The summed E-state index contributed by atoms with van der Waals surface area (Å²) in [7, 11) is -2.56. The quantitative estimate of drug-likeness (QED) is 0.385. The molecule has 0 unspecified atom stereocenters. The van der Waals surface area contributed by atoms with Gasteiger partial charge in [0.05, 0.1) is 0 Å². The van der Waals surface area contributed by atoms with E-state index >= 15 is 0 Å². The van der Waals surface area contributed by atoms with Crippen molar-refractivity contribution < 1.29 is 18.4 Å². The number of para-hydroxylation sites is 1. The number of rotatable bonds is 11. The Kier molecular flexibility index (Phi) is 8.99. The fourth-order valence-electron chi connectivity index (χ4n) is 2.15. The number of phenolic OH excluding ortho intramolecular Hbond substituents is 1. The summed E-state index contributed by atoms with van der Waals surface area (Å²) >= 11 is 0. The van der Waals surface area contributed by atoms with Crippen molar-refractivity contribution in [3.05, 3.63) is 29.8 Å². The van der Waals surface area contributed by atoms with E-state index in [1.54, 1.807) is 18.3 Å². The molecule has 6 heteroatoms. The van der Waals surface area contributed by atoms with Crippen LogP contribution in [0.4, 0.5) is 0 Å². The summed E-state index contributed by atoms with van der Waals surface area (Å²) in [5.74, 6) is 0.243. The van der Waals surface area contributed by atoms with Crippen LogP contribution >= 0.6 is 0 Å². The zero-order chi connectivity index (χ0) is 16.3. The van der Waals surface area contributed by atoms with Gasteiger partial charge in [-0.15, -0.1) is 0 Å². The van der Waals surface area contributed by atoms with Gasteiger partial charge < -0.3 is 18.4 Å². The van der Waals surface area contributed by atoms with E-state index in [9.17, 15) is 5.11 Å². The minimum Gasteiger partial charge on any atom is -0.507 e. The molecule has 0 amide bonds. The lowest BCUT2D eigenvalue weighted by atomic mass is 10.2. The summed E-state index contributed by atoms with van der Waals surface area (Å²) in [5, 5.41) is 9.66. The highest BCUT2D eigenvalue weighted by molar-refractivity contribution is 6.60. The van der Waals surface area contributed by atoms with Gasteiger partial charge >= 0.3 is 8.80 Å². The molecule has 1 rings (SSSR count). The Hall–Kier alpha value is -1.21. The Morgan fingerprint density at radius 2 is 1.64 bits per heavy atom. The molecule has 1 aromatic rings. The van der Waals surface area contributed by atoms with Gasteiger partial charge in [0.25, 0.3) is 0 Å². The van der Waals surface area contributed by atoms with E-state index in [4.69, 9.17) is 13.3 Å². The monoisotopic (exact) mass is 325 g/mol. The van der Waals surface area contributed by atoms with E-state index < -0.39 is 8.80 Å². The number of phenols is 1. The molecule has 0 aliphatic carbocycles. The molecule has 5 nitrogen and oxygen atoms in total. The van der Waals surface area contributed by atoms with Crippen LogP contribution in [-0.4, -0.2) is 46.5 Å². The Labute approximate surface area is 134 Å². The molecule has 124 valence electrons. The number of hydrogen-bond acceptors (Lipinski definition) is 5. The van der Waals surface area contributed by atoms with Gasteiger partial charge in [0, 0.05) is 44.2 Å². The number of aliphatic imine (C=N–C) groups is 1. The fourth-order valence-corrected chi connectivity index (χ4v) is 4.74. The molecule has 1 N–H and O–H groups in total. The van der Waals surface area contributed by atoms with Crippen LogP contribution in [-0.2, 0) is 13.3 Å². The molecule has 0 fully saturated rings. The standard InChI is InChI=1S/C16H27NO4Si/c1-4-19-22(20-5-2,21-6-3)13-9-12-17-14-15-10-7-8-11-16(15)18/h7-8,10-11,14,18H,4-6,9,12-13H2,1-3H3. The van der Waals surface area contributed by atoms with Gasteiger partial charge in [-0.3, -0.25) is 4.99 Å². The van der Waals surface area contributed by atoms with Crippen molar-refractivity contribution in [3.63, 3.8) is 0 Å². The molecule has 0 bridgehead atoms. The van der Waals surface area contributed by atoms with Crippen molar-refractivity contribution in [2.75, 3.05) is 26.4 Å². The number of hydrogen-bond donors (Lipinski definition) is 1. The van der Waals surface area contributed by atoms with Gasteiger partial charge in [-0.2, -0.15) is 0 Å². The number of nitrogens with zero attached hydrogens (tertiary/aromatic N) is 1. The second-order valence-electron chi connectivity index (χ2n) is 4.68. The average molecular weight is 325 g/mol. The van der Waals surface area contributed by atoms with E-state index in [1.165, 1.54) is 0 Å². The zero-order valence-corrected chi connectivity index (χ0v) is 14.7. The molecular formula is C16H27NO4Si. The summed E-state index contributed by atoms with van der Waals surface area (Å²) in [5.41, 5.74) is 0.727. The smallest absolute Gasteiger partial charge is 0.500 e. The van der Waals surface area contributed by atoms with Crippen LogP contribution < -0.4 is 0 Å². The molecule has 0 aliphatic rings. The molecule has 0 spiro atoms. The van der Waals surface area contributed by atoms with Crippen molar-refractivity contribution in [1.29, 1.82) is 0 Å². The third kappa shape index (κ3) is 6.27. The van der Waals surface area contributed by atoms with Crippen molar-refractivity contribution in [2.45, 2.75) is 33.2 Å². The molecule has 0 radical (unpaired) electrons. The van der Waals surface area contributed by atoms with Gasteiger partial charge in [-0.05, 0) is 39.3 Å². The van der Waals surface area contributed by atoms with E-state index in [0.717, 1.165) is 18.0 Å². The summed E-state index contributed by atoms with van der Waals surface area (Å²) in [6.07, 6.45) is 2.52. The molecule has 0 atom stereocenters. The summed E-state index contributed by atoms with van der Waals surface area (Å²) in [6.45, 7) is 8.28. The fraction of sp³-hybridized carbons (Fsp3) is 0.562. The largest absolute Gasteiger partial charge is 0.507 e. The van der Waals surface area contributed by atoms with Crippen molar-refractivity contribution in [1.82, 2.24) is 0 Å². The number of aromatic hydroxyl groups is 1. The van der Waals surface area contributed by atoms with Crippen LogP contribution in [0, 0.1) is 0 Å². The van der Waals surface area contributed by atoms with Crippen LogP contribution in [0.25, 0.3) is 0 Å². The summed E-state index contributed by atoms with van der Waals surface area (Å²) in [6, 6.07) is 7.90. The molecule has 0 saturated carbocycles. The maximum Gasteiger partial charge on any atom is 0.500 e. The molecule has 0 aliphatic heterocycles. The molecule has 0 heterocycles. The second-order valence-corrected chi connectivity index (χ2v) is 7.41. The third-order valence-electron chi connectivity index (χ3n) is 3.03. The molecule has 0 saturated heterocycles. The first-order valence-electron chi connectivity index (χ1n) is 7.87. The first-order chi connectivity index (χ1) is 10.7. The Bertz CT molecular complexity index is 437. The van der Waals surface area contributed by atoms with Crippen LogP contribution in [0.1, 0.15) is 32.8 Å². The highest BCUT2D eigenvalue weighted by Gasteiger charge is 2.39. The van der Waals surface area contributed by atoms with E-state index in [-0.39, 0.29) is 5.75 Å². The van der Waals surface area contributed by atoms with Crippen LogP contribution in [0.5, 0.6) is 5.75 Å². The van der Waals surface area contributed by atoms with Crippen molar-refractivity contribution >= 4 is 15.0 Å². The maximum atomic E-state index is 9.66. The van der Waals surface area contributed by atoms with Crippen LogP contribution in [0.15, 0.2) is 29.3 Å². The lowest BCUT2D eigenvalue weighted by Crippen LogP contribution is -2.46. The van der Waals surface area contributed by atoms with Gasteiger partial charge in [0.2, 0.25) is 0 Å².